The maximum absolute atomic E-state index is 12.0. The first-order valence-corrected chi connectivity index (χ1v) is 9.21. The molecular weight excluding hydrogens is 342 g/mol. The lowest BCUT2D eigenvalue weighted by Gasteiger charge is -2.10. The van der Waals surface area contributed by atoms with E-state index in [1.807, 2.05) is 6.26 Å². The van der Waals surface area contributed by atoms with Gasteiger partial charge in [0.2, 0.25) is 5.91 Å². The number of methoxy groups -OCH3 is 2. The normalized spacial score (nSPS) is 10.3. The van der Waals surface area contributed by atoms with Crippen LogP contribution >= 0.6 is 34.9 Å². The van der Waals surface area contributed by atoms with Crippen LogP contribution in [0.3, 0.4) is 0 Å². The summed E-state index contributed by atoms with van der Waals surface area (Å²) in [6.07, 6.45) is 1.94. The summed E-state index contributed by atoms with van der Waals surface area (Å²) in [7, 11) is 3.12. The van der Waals surface area contributed by atoms with Gasteiger partial charge in [-0.2, -0.15) is 0 Å². The lowest BCUT2D eigenvalue weighted by molar-refractivity contribution is -0.113. The van der Waals surface area contributed by atoms with Crippen molar-refractivity contribution in [2.24, 2.45) is 0 Å². The molecule has 0 aliphatic rings. The Balaban J connectivity index is 1.91. The number of nitrogens with zero attached hydrogens (tertiary/aromatic N) is 2. The summed E-state index contributed by atoms with van der Waals surface area (Å²) in [4.78, 5) is 12.0. The van der Waals surface area contributed by atoms with Gasteiger partial charge in [-0.15, -0.1) is 10.2 Å². The van der Waals surface area contributed by atoms with Crippen molar-refractivity contribution in [2.75, 3.05) is 31.5 Å². The number of nitrogens with one attached hydrogen (secondary N) is 1. The molecule has 0 saturated heterocycles. The van der Waals surface area contributed by atoms with Crippen LogP contribution in [-0.4, -0.2) is 42.3 Å². The first-order valence-electron chi connectivity index (χ1n) is 6.18. The van der Waals surface area contributed by atoms with Crippen LogP contribution < -0.4 is 14.8 Å². The molecule has 0 saturated carbocycles. The number of hydrogen-bond donors (Lipinski definition) is 1. The molecule has 9 heteroatoms. The second-order valence-electron chi connectivity index (χ2n) is 3.94. The monoisotopic (exact) mass is 357 g/mol. The molecule has 0 bridgehead atoms. The number of aromatic nitrogens is 2. The Kier molecular flexibility index (Phi) is 6.34. The summed E-state index contributed by atoms with van der Waals surface area (Å²) in [5.41, 5.74) is 0.658. The molecule has 0 fully saturated rings. The van der Waals surface area contributed by atoms with Crippen LogP contribution in [0.5, 0.6) is 11.5 Å². The molecule has 1 heterocycles. The van der Waals surface area contributed by atoms with E-state index in [-0.39, 0.29) is 11.7 Å². The number of ether oxygens (including phenoxy) is 2. The number of amides is 1. The molecular formula is C13H15N3O3S3. The quantitative estimate of drug-likeness (QED) is 0.764. The van der Waals surface area contributed by atoms with Crippen molar-refractivity contribution >= 4 is 46.5 Å². The third kappa shape index (κ3) is 4.52. The van der Waals surface area contributed by atoms with E-state index in [2.05, 4.69) is 15.5 Å². The second-order valence-corrected chi connectivity index (χ2v) is 7.20. The van der Waals surface area contributed by atoms with E-state index < -0.39 is 0 Å². The molecule has 1 N–H and O–H groups in total. The molecule has 0 aliphatic heterocycles. The van der Waals surface area contributed by atoms with E-state index in [9.17, 15) is 4.79 Å². The number of anilines is 1. The van der Waals surface area contributed by atoms with Crippen molar-refractivity contribution in [3.63, 3.8) is 0 Å². The van der Waals surface area contributed by atoms with Crippen LogP contribution in [0.15, 0.2) is 26.9 Å². The van der Waals surface area contributed by atoms with Gasteiger partial charge in [-0.25, -0.2) is 0 Å². The Morgan fingerprint density at radius 2 is 1.95 bits per heavy atom. The summed E-state index contributed by atoms with van der Waals surface area (Å²) in [6, 6.07) is 5.23. The Bertz CT molecular complexity index is 648. The average molecular weight is 357 g/mol. The van der Waals surface area contributed by atoms with Gasteiger partial charge in [0.25, 0.3) is 0 Å². The average Bonchev–Trinajstić information content (AvgIpc) is 3.01. The molecule has 1 amide bonds. The highest BCUT2D eigenvalue weighted by Gasteiger charge is 2.10. The number of benzene rings is 1. The number of hydrogen-bond acceptors (Lipinski definition) is 8. The molecule has 0 radical (unpaired) electrons. The largest absolute Gasteiger partial charge is 0.493 e. The molecule has 0 unspecified atom stereocenters. The van der Waals surface area contributed by atoms with Crippen molar-refractivity contribution in [1.82, 2.24) is 10.2 Å². The molecule has 0 spiro atoms. The molecule has 118 valence electrons. The molecule has 2 aromatic rings. The van der Waals surface area contributed by atoms with Crippen molar-refractivity contribution in [1.29, 1.82) is 0 Å². The molecule has 0 atom stereocenters. The van der Waals surface area contributed by atoms with E-state index in [4.69, 9.17) is 9.47 Å². The summed E-state index contributed by atoms with van der Waals surface area (Å²) < 4.78 is 12.0. The van der Waals surface area contributed by atoms with Gasteiger partial charge in [0.15, 0.2) is 20.2 Å². The Labute approximate surface area is 141 Å². The van der Waals surface area contributed by atoms with Crippen LogP contribution in [0.2, 0.25) is 0 Å². The van der Waals surface area contributed by atoms with Gasteiger partial charge < -0.3 is 14.8 Å². The van der Waals surface area contributed by atoms with Crippen LogP contribution in [0.25, 0.3) is 0 Å². The van der Waals surface area contributed by atoms with Gasteiger partial charge in [-0.1, -0.05) is 34.9 Å². The van der Waals surface area contributed by atoms with E-state index in [1.54, 1.807) is 32.4 Å². The predicted octanol–water partition coefficient (Wildman–Crippen LogP) is 3.01. The second kappa shape index (κ2) is 8.25. The van der Waals surface area contributed by atoms with Crippen LogP contribution in [0.1, 0.15) is 0 Å². The zero-order valence-electron chi connectivity index (χ0n) is 12.3. The lowest BCUT2D eigenvalue weighted by atomic mass is 10.2. The number of carbonyl (C=O) groups excluding carboxylic acids is 1. The SMILES string of the molecule is COc1ccc(NC(=O)CSc2nnc(SC)s2)cc1OC. The predicted molar refractivity (Wildman–Crippen MR) is 90.6 cm³/mol. The lowest BCUT2D eigenvalue weighted by Crippen LogP contribution is -2.14. The highest BCUT2D eigenvalue weighted by Crippen LogP contribution is 2.30. The van der Waals surface area contributed by atoms with Gasteiger partial charge in [0, 0.05) is 11.8 Å². The molecule has 6 nitrogen and oxygen atoms in total. The third-order valence-electron chi connectivity index (χ3n) is 2.56. The first kappa shape index (κ1) is 16.9. The molecule has 2 rings (SSSR count). The minimum atomic E-state index is -0.113. The fourth-order valence-electron chi connectivity index (χ4n) is 1.58. The highest BCUT2D eigenvalue weighted by molar-refractivity contribution is 8.03. The molecule has 22 heavy (non-hydrogen) atoms. The number of thioether (sulfide) groups is 2. The van der Waals surface area contributed by atoms with Crippen LogP contribution in [-0.2, 0) is 4.79 Å². The van der Waals surface area contributed by atoms with Gasteiger partial charge >= 0.3 is 0 Å². The van der Waals surface area contributed by atoms with Crippen LogP contribution in [0.4, 0.5) is 5.69 Å². The van der Waals surface area contributed by atoms with Gasteiger partial charge in [-0.3, -0.25) is 4.79 Å². The maximum atomic E-state index is 12.0. The molecule has 1 aromatic carbocycles. The molecule has 0 aliphatic carbocycles. The maximum Gasteiger partial charge on any atom is 0.234 e. The van der Waals surface area contributed by atoms with Crippen molar-refractivity contribution < 1.29 is 14.3 Å². The minimum Gasteiger partial charge on any atom is -0.493 e. The van der Waals surface area contributed by atoms with Gasteiger partial charge in [-0.05, 0) is 18.4 Å². The fraction of sp³-hybridized carbons (Fsp3) is 0.308. The van der Waals surface area contributed by atoms with Crippen molar-refractivity contribution in [3.8, 4) is 11.5 Å². The van der Waals surface area contributed by atoms with E-state index in [0.717, 1.165) is 8.68 Å². The standard InChI is InChI=1S/C13H15N3O3S3/c1-18-9-5-4-8(6-10(9)19-2)14-11(17)7-21-13-16-15-12(20-3)22-13/h4-6H,7H2,1-3H3,(H,14,17). The smallest absolute Gasteiger partial charge is 0.234 e. The summed E-state index contributed by atoms with van der Waals surface area (Å²) in [6.45, 7) is 0. The Morgan fingerprint density at radius 1 is 1.23 bits per heavy atom. The first-order chi connectivity index (χ1) is 10.7. The minimum absolute atomic E-state index is 0.113. The van der Waals surface area contributed by atoms with Gasteiger partial charge in [0.1, 0.15) is 0 Å². The summed E-state index contributed by atoms with van der Waals surface area (Å²) in [5, 5.41) is 10.8. The highest BCUT2D eigenvalue weighted by atomic mass is 32.2. The Morgan fingerprint density at radius 3 is 2.59 bits per heavy atom. The number of carbonyl (C=O) groups is 1. The zero-order chi connectivity index (χ0) is 15.9. The van der Waals surface area contributed by atoms with E-state index in [1.165, 1.54) is 34.9 Å². The molecule has 1 aromatic heterocycles. The topological polar surface area (TPSA) is 73.3 Å². The summed E-state index contributed by atoms with van der Waals surface area (Å²) >= 11 is 4.38. The van der Waals surface area contributed by atoms with E-state index in [0.29, 0.717) is 17.2 Å². The number of rotatable bonds is 7. The van der Waals surface area contributed by atoms with Crippen molar-refractivity contribution in [3.05, 3.63) is 18.2 Å². The van der Waals surface area contributed by atoms with Gasteiger partial charge in [0.05, 0.1) is 20.0 Å². The Hall–Kier alpha value is -1.45. The van der Waals surface area contributed by atoms with E-state index >= 15 is 0 Å². The fourth-order valence-corrected chi connectivity index (χ4v) is 3.81. The van der Waals surface area contributed by atoms with Crippen LogP contribution in [0, 0.1) is 0 Å². The third-order valence-corrected chi connectivity index (χ3v) is 5.59. The summed E-state index contributed by atoms with van der Waals surface area (Å²) in [5.74, 6) is 1.35. The zero-order valence-corrected chi connectivity index (χ0v) is 14.7. The van der Waals surface area contributed by atoms with Crippen molar-refractivity contribution in [2.45, 2.75) is 8.68 Å².